The number of aromatic nitrogens is 1. The smallest absolute Gasteiger partial charge is 0.412 e. The van der Waals surface area contributed by atoms with Crippen molar-refractivity contribution in [2.75, 3.05) is 17.2 Å². The van der Waals surface area contributed by atoms with E-state index in [9.17, 15) is 14.4 Å². The lowest BCUT2D eigenvalue weighted by atomic mass is 10.1. The van der Waals surface area contributed by atoms with Crippen LogP contribution in [0.1, 0.15) is 22.1 Å². The fourth-order valence-corrected chi connectivity index (χ4v) is 6.02. The Hall–Kier alpha value is -4.63. The lowest BCUT2D eigenvalue weighted by molar-refractivity contribution is -0.121. The Morgan fingerprint density at radius 2 is 1.46 bits per heavy atom. The Morgan fingerprint density at radius 1 is 0.854 bits per heavy atom. The van der Waals surface area contributed by atoms with E-state index < -0.39 is 29.4 Å². The maximum atomic E-state index is 14.2. The second-order valence-corrected chi connectivity index (χ2v) is 10.5. The first-order valence-corrected chi connectivity index (χ1v) is 14.4. The zero-order valence-corrected chi connectivity index (χ0v) is 23.2. The summed E-state index contributed by atoms with van der Waals surface area (Å²) in [5, 5.41) is 2.41. The molecule has 4 amide bonds. The number of para-hydroxylation sites is 1. The molecule has 1 saturated heterocycles. The average molecular weight is 567 g/mol. The van der Waals surface area contributed by atoms with Gasteiger partial charge in [0.1, 0.15) is 18.0 Å². The van der Waals surface area contributed by atoms with Gasteiger partial charge >= 0.3 is 12.1 Å². The van der Waals surface area contributed by atoms with Crippen molar-refractivity contribution in [1.29, 1.82) is 0 Å². The third-order valence-electron chi connectivity index (χ3n) is 6.66. The van der Waals surface area contributed by atoms with Crippen LogP contribution >= 0.6 is 11.8 Å². The summed E-state index contributed by atoms with van der Waals surface area (Å²) in [6.45, 7) is 0.411. The molecule has 1 N–H and O–H groups in total. The van der Waals surface area contributed by atoms with Gasteiger partial charge in [-0.2, -0.15) is 0 Å². The number of anilines is 1. The summed E-state index contributed by atoms with van der Waals surface area (Å²) >= 11 is 1.45. The molecular formula is C32H30N4O4S. The van der Waals surface area contributed by atoms with E-state index in [-0.39, 0.29) is 6.61 Å². The van der Waals surface area contributed by atoms with Crippen LogP contribution in [0.2, 0.25) is 0 Å². The van der Waals surface area contributed by atoms with Gasteiger partial charge in [0.2, 0.25) is 0 Å². The quantitative estimate of drug-likeness (QED) is 0.289. The van der Waals surface area contributed by atoms with Crippen LogP contribution in [0.4, 0.5) is 15.3 Å². The summed E-state index contributed by atoms with van der Waals surface area (Å²) in [7, 11) is 0. The van der Waals surface area contributed by atoms with E-state index in [4.69, 9.17) is 4.74 Å². The number of benzene rings is 3. The fraction of sp³-hybridized carbons (Fsp3) is 0.188. The largest absolute Gasteiger partial charge is 0.444 e. The van der Waals surface area contributed by atoms with Crippen LogP contribution in [0.25, 0.3) is 0 Å². The molecule has 0 bridgehead atoms. The number of hydrogen-bond donors (Lipinski definition) is 1. The van der Waals surface area contributed by atoms with Crippen molar-refractivity contribution in [1.82, 2.24) is 15.2 Å². The number of imide groups is 1. The predicted molar refractivity (Wildman–Crippen MR) is 159 cm³/mol. The Kier molecular flexibility index (Phi) is 9.28. The van der Waals surface area contributed by atoms with Crippen LogP contribution in [-0.4, -0.2) is 46.3 Å². The lowest BCUT2D eigenvalue weighted by Gasteiger charge is -2.31. The van der Waals surface area contributed by atoms with Crippen molar-refractivity contribution in [2.24, 2.45) is 0 Å². The highest BCUT2D eigenvalue weighted by atomic mass is 32.2. The number of rotatable bonds is 8. The number of thioether (sulfide) groups is 1. The van der Waals surface area contributed by atoms with Crippen LogP contribution in [0, 0.1) is 0 Å². The van der Waals surface area contributed by atoms with Crippen molar-refractivity contribution in [3.05, 3.63) is 132 Å². The summed E-state index contributed by atoms with van der Waals surface area (Å²) in [6, 6.07) is 30.1. The number of urea groups is 1. The molecule has 2 atom stereocenters. The minimum Gasteiger partial charge on any atom is -0.444 e. The summed E-state index contributed by atoms with van der Waals surface area (Å²) in [5.74, 6) is -0.207. The number of amides is 4. The van der Waals surface area contributed by atoms with Crippen molar-refractivity contribution in [3.8, 4) is 0 Å². The second kappa shape index (κ2) is 13.6. The molecule has 208 valence electrons. The van der Waals surface area contributed by atoms with Crippen molar-refractivity contribution in [2.45, 2.75) is 24.4 Å². The molecule has 3 aromatic carbocycles. The molecule has 5 rings (SSSR count). The molecule has 41 heavy (non-hydrogen) atoms. The second-order valence-electron chi connectivity index (χ2n) is 9.41. The molecule has 2 unspecified atom stereocenters. The van der Waals surface area contributed by atoms with Crippen molar-refractivity contribution >= 4 is 35.5 Å². The third-order valence-corrected chi connectivity index (χ3v) is 7.99. The van der Waals surface area contributed by atoms with E-state index in [0.29, 0.717) is 24.4 Å². The molecule has 0 radical (unpaired) electrons. The SMILES string of the molecule is O=C(NCCc1ccccc1)N(C(=O)C1CSC(c2ccncc2)N1C(=O)OCc1ccccc1)c1ccccc1. The Morgan fingerprint density at radius 3 is 2.12 bits per heavy atom. The summed E-state index contributed by atoms with van der Waals surface area (Å²) in [4.78, 5) is 47.9. The highest BCUT2D eigenvalue weighted by Crippen LogP contribution is 2.42. The first kappa shape index (κ1) is 27.9. The van der Waals surface area contributed by atoms with E-state index in [0.717, 1.165) is 21.6 Å². The average Bonchev–Trinajstić information content (AvgIpc) is 3.48. The van der Waals surface area contributed by atoms with Gasteiger partial charge in [-0.15, -0.1) is 11.8 Å². The van der Waals surface area contributed by atoms with Gasteiger partial charge in [-0.25, -0.2) is 14.5 Å². The van der Waals surface area contributed by atoms with Crippen LogP contribution in [0.3, 0.4) is 0 Å². The third kappa shape index (κ3) is 6.93. The molecule has 1 aliphatic rings. The Bertz CT molecular complexity index is 1440. The standard InChI is InChI=1S/C32H30N4O4S/c37-29(35(27-14-8-3-9-15-27)31(38)34-21-16-24-10-4-1-5-11-24)28-23-41-30(26-17-19-33-20-18-26)36(28)32(39)40-22-25-12-6-2-7-13-25/h1-15,17-20,28,30H,16,21-23H2,(H,34,38). The number of carbonyl (C=O) groups is 3. The van der Waals surface area contributed by atoms with Gasteiger partial charge < -0.3 is 10.1 Å². The number of carbonyl (C=O) groups excluding carboxylic acids is 3. The van der Waals surface area contributed by atoms with Gasteiger partial charge in [-0.3, -0.25) is 14.7 Å². The fourth-order valence-electron chi connectivity index (χ4n) is 4.61. The highest BCUT2D eigenvalue weighted by molar-refractivity contribution is 7.99. The number of hydrogen-bond acceptors (Lipinski definition) is 6. The summed E-state index contributed by atoms with van der Waals surface area (Å²) in [5.41, 5.74) is 3.14. The zero-order valence-electron chi connectivity index (χ0n) is 22.3. The minimum absolute atomic E-state index is 0.0627. The van der Waals surface area contributed by atoms with E-state index in [1.165, 1.54) is 16.7 Å². The molecule has 0 spiro atoms. The van der Waals surface area contributed by atoms with Crippen molar-refractivity contribution < 1.29 is 19.1 Å². The van der Waals surface area contributed by atoms with Crippen LogP contribution in [0.15, 0.2) is 116 Å². The van der Waals surface area contributed by atoms with Gasteiger partial charge in [0.15, 0.2) is 0 Å². The number of nitrogens with one attached hydrogen (secondary N) is 1. The van der Waals surface area contributed by atoms with Gasteiger partial charge in [-0.1, -0.05) is 78.9 Å². The number of nitrogens with zero attached hydrogens (tertiary/aromatic N) is 3. The number of pyridine rings is 1. The zero-order chi connectivity index (χ0) is 28.4. The van der Waals surface area contributed by atoms with Gasteiger partial charge in [-0.05, 0) is 47.4 Å². The normalized spacial score (nSPS) is 16.1. The minimum atomic E-state index is -0.929. The summed E-state index contributed by atoms with van der Waals surface area (Å²) in [6.07, 6.45) is 3.28. The molecule has 4 aromatic rings. The lowest BCUT2D eigenvalue weighted by Crippen LogP contribution is -2.54. The van der Waals surface area contributed by atoms with E-state index >= 15 is 0 Å². The van der Waals surface area contributed by atoms with Gasteiger partial charge in [0.25, 0.3) is 5.91 Å². The topological polar surface area (TPSA) is 91.8 Å². The molecule has 2 heterocycles. The molecular weight excluding hydrogens is 536 g/mol. The van der Waals surface area contributed by atoms with E-state index in [1.807, 2.05) is 78.9 Å². The maximum absolute atomic E-state index is 14.2. The van der Waals surface area contributed by atoms with Gasteiger partial charge in [0, 0.05) is 24.7 Å². The maximum Gasteiger partial charge on any atom is 0.412 e. The molecule has 8 nitrogen and oxygen atoms in total. The van der Waals surface area contributed by atoms with Crippen LogP contribution in [-0.2, 0) is 22.6 Å². The predicted octanol–water partition coefficient (Wildman–Crippen LogP) is 5.82. The van der Waals surface area contributed by atoms with Gasteiger partial charge in [0.05, 0.1) is 5.69 Å². The summed E-state index contributed by atoms with van der Waals surface area (Å²) < 4.78 is 5.69. The molecule has 1 aromatic heterocycles. The molecule has 9 heteroatoms. The highest BCUT2D eigenvalue weighted by Gasteiger charge is 2.46. The monoisotopic (exact) mass is 566 g/mol. The van der Waals surface area contributed by atoms with Crippen LogP contribution < -0.4 is 10.2 Å². The molecule has 0 saturated carbocycles. The first-order valence-electron chi connectivity index (χ1n) is 13.3. The Balaban J connectivity index is 1.39. The Labute approximate surface area is 243 Å². The first-order chi connectivity index (χ1) is 20.1. The van der Waals surface area contributed by atoms with E-state index in [2.05, 4.69) is 10.3 Å². The number of ether oxygens (including phenoxy) is 1. The van der Waals surface area contributed by atoms with Crippen molar-refractivity contribution in [3.63, 3.8) is 0 Å². The molecule has 0 aliphatic carbocycles. The molecule has 1 aliphatic heterocycles. The van der Waals surface area contributed by atoms with E-state index in [1.54, 1.807) is 36.7 Å². The van der Waals surface area contributed by atoms with Crippen LogP contribution in [0.5, 0.6) is 0 Å². The molecule has 1 fully saturated rings.